The molecule has 1 spiro atoms. The maximum atomic E-state index is 11.8. The van der Waals surface area contributed by atoms with Crippen molar-refractivity contribution in [3.05, 3.63) is 12.0 Å². The summed E-state index contributed by atoms with van der Waals surface area (Å²) in [6.45, 7) is 1.80. The fraction of sp³-hybridized carbons (Fsp3) is 0.692. The molecule has 3 rings (SSSR count). The molecule has 0 aromatic carbocycles. The maximum Gasteiger partial charge on any atom is 0.319 e. The summed E-state index contributed by atoms with van der Waals surface area (Å²) in [7, 11) is 0. The molecule has 1 aromatic rings. The molecule has 2 aliphatic rings. The van der Waals surface area contributed by atoms with E-state index in [1.54, 1.807) is 6.92 Å². The highest BCUT2D eigenvalue weighted by molar-refractivity contribution is 5.90. The van der Waals surface area contributed by atoms with Crippen LogP contribution in [0.3, 0.4) is 0 Å². The topological polar surface area (TPSA) is 67.2 Å². The van der Waals surface area contributed by atoms with Crippen LogP contribution in [0.15, 0.2) is 10.8 Å². The van der Waals surface area contributed by atoms with Crippen LogP contribution in [0.1, 0.15) is 44.2 Å². The molecule has 2 fully saturated rings. The van der Waals surface area contributed by atoms with Gasteiger partial charge in [-0.25, -0.2) is 4.79 Å². The highest BCUT2D eigenvalue weighted by Gasteiger charge is 2.54. The average molecular weight is 249 g/mol. The number of rotatable bonds is 2. The van der Waals surface area contributed by atoms with Crippen LogP contribution in [-0.4, -0.2) is 17.2 Å². The highest BCUT2D eigenvalue weighted by Crippen LogP contribution is 2.56. The molecule has 98 valence electrons. The molecule has 18 heavy (non-hydrogen) atoms. The second kappa shape index (κ2) is 4.30. The predicted molar refractivity (Wildman–Crippen MR) is 67.3 cm³/mol. The predicted octanol–water partition coefficient (Wildman–Crippen LogP) is 2.83. The lowest BCUT2D eigenvalue weighted by molar-refractivity contribution is 0.247. The molecule has 5 nitrogen and oxygen atoms in total. The molecule has 1 unspecified atom stereocenters. The Morgan fingerprint density at radius 1 is 1.44 bits per heavy atom. The summed E-state index contributed by atoms with van der Waals surface area (Å²) in [6, 6.07) is 0.215. The van der Waals surface area contributed by atoms with E-state index in [0.717, 1.165) is 6.42 Å². The van der Waals surface area contributed by atoms with Crippen molar-refractivity contribution in [1.82, 2.24) is 10.5 Å². The minimum atomic E-state index is -0.145. The van der Waals surface area contributed by atoms with Gasteiger partial charge in [0.1, 0.15) is 17.6 Å². The Hall–Kier alpha value is -1.52. The van der Waals surface area contributed by atoms with Gasteiger partial charge in [0.2, 0.25) is 0 Å². The maximum absolute atomic E-state index is 11.8. The molecule has 0 saturated heterocycles. The van der Waals surface area contributed by atoms with E-state index in [0.29, 0.717) is 22.8 Å². The number of nitrogens with zero attached hydrogens (tertiary/aromatic N) is 1. The van der Waals surface area contributed by atoms with E-state index >= 15 is 0 Å². The van der Waals surface area contributed by atoms with E-state index in [2.05, 4.69) is 15.8 Å². The lowest BCUT2D eigenvalue weighted by Crippen LogP contribution is -2.34. The normalized spacial score (nSPS) is 24.8. The number of aryl methyl sites for hydroxylation is 1. The molecule has 2 N–H and O–H groups in total. The van der Waals surface area contributed by atoms with Gasteiger partial charge in [-0.05, 0) is 31.6 Å². The molecule has 1 heterocycles. The van der Waals surface area contributed by atoms with Gasteiger partial charge in [0.25, 0.3) is 0 Å². The summed E-state index contributed by atoms with van der Waals surface area (Å²) in [5.41, 5.74) is 1.76. The largest absolute Gasteiger partial charge is 0.362 e. The van der Waals surface area contributed by atoms with E-state index in [1.807, 2.05) is 0 Å². The summed E-state index contributed by atoms with van der Waals surface area (Å²) < 4.78 is 4.78. The molecule has 2 amide bonds. The third-order valence-corrected chi connectivity index (χ3v) is 4.34. The Morgan fingerprint density at radius 3 is 2.89 bits per heavy atom. The quantitative estimate of drug-likeness (QED) is 0.847. The first-order valence-corrected chi connectivity index (χ1v) is 6.68. The Morgan fingerprint density at radius 2 is 2.22 bits per heavy atom. The number of hydrogen-bond donors (Lipinski definition) is 2. The number of nitrogens with one attached hydrogen (secondary N) is 2. The van der Waals surface area contributed by atoms with Crippen LogP contribution in [0, 0.1) is 12.3 Å². The Bertz CT molecular complexity index is 449. The third-order valence-electron chi connectivity index (χ3n) is 4.34. The number of carbonyl (C=O) groups is 1. The van der Waals surface area contributed by atoms with Crippen molar-refractivity contribution in [1.29, 1.82) is 0 Å². The fourth-order valence-electron chi connectivity index (χ4n) is 3.09. The second-order valence-corrected chi connectivity index (χ2v) is 5.59. The Labute approximate surface area is 106 Å². The molecule has 0 bridgehead atoms. The monoisotopic (exact) mass is 249 g/mol. The zero-order chi connectivity index (χ0) is 12.6. The van der Waals surface area contributed by atoms with Crippen molar-refractivity contribution in [2.75, 3.05) is 5.32 Å². The van der Waals surface area contributed by atoms with E-state index < -0.39 is 0 Å². The Balaban J connectivity index is 1.52. The SMILES string of the molecule is Cc1nocc1NC(=O)NC1CC12CCCCC2. The molecule has 2 saturated carbocycles. The molecule has 2 aliphatic carbocycles. The standard InChI is InChI=1S/C13H19N3O2/c1-9-10(8-18-16-9)14-12(17)15-11-7-13(11)5-3-2-4-6-13/h8,11H,2-7H2,1H3,(H2,14,15,17). The van der Waals surface area contributed by atoms with E-state index in [9.17, 15) is 4.79 Å². The molecule has 1 aromatic heterocycles. The average Bonchev–Trinajstić information content (AvgIpc) is 2.81. The number of amides is 2. The molecular formula is C13H19N3O2. The van der Waals surface area contributed by atoms with Gasteiger partial charge in [-0.15, -0.1) is 0 Å². The first-order valence-electron chi connectivity index (χ1n) is 6.68. The summed E-state index contributed by atoms with van der Waals surface area (Å²) in [6.07, 6.45) is 9.10. The van der Waals surface area contributed by atoms with Gasteiger partial charge in [0.05, 0.1) is 0 Å². The Kier molecular flexibility index (Phi) is 2.76. The summed E-state index contributed by atoms with van der Waals surface area (Å²) in [5, 5.41) is 9.57. The third kappa shape index (κ3) is 2.09. The molecule has 5 heteroatoms. The van der Waals surface area contributed by atoms with Gasteiger partial charge in [0.15, 0.2) is 0 Å². The van der Waals surface area contributed by atoms with Gasteiger partial charge in [-0.2, -0.15) is 0 Å². The lowest BCUT2D eigenvalue weighted by Gasteiger charge is -2.22. The van der Waals surface area contributed by atoms with E-state index in [-0.39, 0.29) is 6.03 Å². The van der Waals surface area contributed by atoms with Crippen LogP contribution in [0.5, 0.6) is 0 Å². The number of urea groups is 1. The van der Waals surface area contributed by atoms with Crippen LogP contribution >= 0.6 is 0 Å². The van der Waals surface area contributed by atoms with Crippen molar-refractivity contribution >= 4 is 11.7 Å². The van der Waals surface area contributed by atoms with Gasteiger partial charge in [-0.3, -0.25) is 0 Å². The van der Waals surface area contributed by atoms with Crippen LogP contribution in [-0.2, 0) is 0 Å². The van der Waals surface area contributed by atoms with Crippen molar-refractivity contribution < 1.29 is 9.32 Å². The van der Waals surface area contributed by atoms with Crippen LogP contribution in [0.4, 0.5) is 10.5 Å². The van der Waals surface area contributed by atoms with Gasteiger partial charge >= 0.3 is 6.03 Å². The minimum absolute atomic E-state index is 0.145. The number of aromatic nitrogens is 1. The summed E-state index contributed by atoms with van der Waals surface area (Å²) in [4.78, 5) is 11.8. The van der Waals surface area contributed by atoms with Crippen molar-refractivity contribution in [2.45, 2.75) is 51.5 Å². The first-order chi connectivity index (χ1) is 8.70. The first kappa shape index (κ1) is 11.6. The molecular weight excluding hydrogens is 230 g/mol. The zero-order valence-electron chi connectivity index (χ0n) is 10.7. The summed E-state index contributed by atoms with van der Waals surface area (Å²) in [5.74, 6) is 0. The smallest absolute Gasteiger partial charge is 0.319 e. The highest BCUT2D eigenvalue weighted by atomic mass is 16.5. The zero-order valence-corrected chi connectivity index (χ0v) is 10.7. The number of hydrogen-bond acceptors (Lipinski definition) is 3. The van der Waals surface area contributed by atoms with E-state index in [4.69, 9.17) is 4.52 Å². The van der Waals surface area contributed by atoms with Crippen LogP contribution in [0.25, 0.3) is 0 Å². The molecule has 0 aliphatic heterocycles. The second-order valence-electron chi connectivity index (χ2n) is 5.59. The lowest BCUT2D eigenvalue weighted by atomic mass is 9.86. The van der Waals surface area contributed by atoms with Gasteiger partial charge < -0.3 is 15.2 Å². The minimum Gasteiger partial charge on any atom is -0.362 e. The van der Waals surface area contributed by atoms with Gasteiger partial charge in [-0.1, -0.05) is 24.4 Å². The number of anilines is 1. The summed E-state index contributed by atoms with van der Waals surface area (Å²) >= 11 is 0. The van der Waals surface area contributed by atoms with Crippen LogP contribution < -0.4 is 10.6 Å². The van der Waals surface area contributed by atoms with Crippen molar-refractivity contribution in [2.24, 2.45) is 5.41 Å². The molecule has 0 radical (unpaired) electrons. The van der Waals surface area contributed by atoms with Gasteiger partial charge in [0, 0.05) is 6.04 Å². The van der Waals surface area contributed by atoms with Crippen molar-refractivity contribution in [3.63, 3.8) is 0 Å². The number of carbonyl (C=O) groups excluding carboxylic acids is 1. The fourth-order valence-corrected chi connectivity index (χ4v) is 3.09. The van der Waals surface area contributed by atoms with E-state index in [1.165, 1.54) is 38.4 Å². The van der Waals surface area contributed by atoms with Crippen molar-refractivity contribution in [3.8, 4) is 0 Å². The van der Waals surface area contributed by atoms with Crippen LogP contribution in [0.2, 0.25) is 0 Å². The molecule has 1 atom stereocenters.